The van der Waals surface area contributed by atoms with Crippen LogP contribution in [-0.2, 0) is 20.9 Å². The van der Waals surface area contributed by atoms with Crippen molar-refractivity contribution in [1.82, 2.24) is 4.90 Å². The van der Waals surface area contributed by atoms with E-state index in [2.05, 4.69) is 0 Å². The molecule has 0 fully saturated rings. The molecule has 0 saturated carbocycles. The molecule has 0 saturated heterocycles. The van der Waals surface area contributed by atoms with Gasteiger partial charge < -0.3 is 19.3 Å². The normalized spacial score (nSPS) is 10.3. The van der Waals surface area contributed by atoms with Crippen LogP contribution in [0.15, 0.2) is 48.5 Å². The molecule has 0 bridgehead atoms. The number of nitrogens with zero attached hydrogens (tertiary/aromatic N) is 2. The molecule has 1 amide bonds. The third-order valence-corrected chi connectivity index (χ3v) is 4.70. The Kier molecular flexibility index (Phi) is 9.06. The second-order valence-electron chi connectivity index (χ2n) is 7.35. The number of hydrogen-bond donors (Lipinski definition) is 0. The molecule has 31 heavy (non-hydrogen) atoms. The zero-order valence-corrected chi connectivity index (χ0v) is 18.6. The summed E-state index contributed by atoms with van der Waals surface area (Å²) in [6, 6.07) is 14.7. The Balaban J connectivity index is 1.73. The minimum absolute atomic E-state index is 0.0229. The van der Waals surface area contributed by atoms with E-state index in [0.717, 1.165) is 11.3 Å². The van der Waals surface area contributed by atoms with Gasteiger partial charge in [0, 0.05) is 45.4 Å². The van der Waals surface area contributed by atoms with Gasteiger partial charge in [-0.3, -0.25) is 14.4 Å². The molecule has 7 heteroatoms. The van der Waals surface area contributed by atoms with E-state index in [1.165, 1.54) is 4.90 Å². The fourth-order valence-corrected chi connectivity index (χ4v) is 2.85. The van der Waals surface area contributed by atoms with Crippen molar-refractivity contribution in [2.75, 3.05) is 39.3 Å². The number of Topliss-reactive ketones (excluding diaryl/α,β-unsaturated/α-hetero) is 1. The number of rotatable bonds is 11. The van der Waals surface area contributed by atoms with Crippen LogP contribution in [0.2, 0.25) is 0 Å². The Morgan fingerprint density at radius 3 is 2.10 bits per heavy atom. The SMILES string of the molecule is CCOc1ccc(C(=O)CCC(=O)OCC(=O)N(C)Cc2ccc(N(C)C)cc2)cc1. The second-order valence-corrected chi connectivity index (χ2v) is 7.35. The van der Waals surface area contributed by atoms with Gasteiger partial charge in [0.05, 0.1) is 13.0 Å². The van der Waals surface area contributed by atoms with E-state index in [-0.39, 0.29) is 31.1 Å². The first kappa shape index (κ1) is 23.9. The second kappa shape index (κ2) is 11.7. The Labute approximate surface area is 183 Å². The summed E-state index contributed by atoms with van der Waals surface area (Å²) in [5.41, 5.74) is 2.56. The van der Waals surface area contributed by atoms with Crippen LogP contribution in [0.25, 0.3) is 0 Å². The van der Waals surface area contributed by atoms with Crippen LogP contribution >= 0.6 is 0 Å². The molecular weight excluding hydrogens is 396 g/mol. The lowest BCUT2D eigenvalue weighted by Gasteiger charge is -2.18. The van der Waals surface area contributed by atoms with Gasteiger partial charge in [0.25, 0.3) is 5.91 Å². The summed E-state index contributed by atoms with van der Waals surface area (Å²) in [5.74, 6) is -0.349. The number of likely N-dealkylation sites (N-methyl/N-ethyl adjacent to an activating group) is 1. The highest BCUT2D eigenvalue weighted by atomic mass is 16.5. The molecule has 2 aromatic rings. The summed E-state index contributed by atoms with van der Waals surface area (Å²) in [4.78, 5) is 39.9. The Hall–Kier alpha value is -3.35. The van der Waals surface area contributed by atoms with Crippen molar-refractivity contribution in [3.05, 3.63) is 59.7 Å². The van der Waals surface area contributed by atoms with Crippen molar-refractivity contribution in [2.24, 2.45) is 0 Å². The van der Waals surface area contributed by atoms with Gasteiger partial charge in [0.2, 0.25) is 0 Å². The van der Waals surface area contributed by atoms with E-state index in [0.29, 0.717) is 24.5 Å². The monoisotopic (exact) mass is 426 g/mol. The summed E-state index contributed by atoms with van der Waals surface area (Å²) >= 11 is 0. The van der Waals surface area contributed by atoms with Crippen LogP contribution in [-0.4, -0.2) is 56.9 Å². The number of hydrogen-bond acceptors (Lipinski definition) is 6. The molecule has 0 aliphatic rings. The number of benzene rings is 2. The molecule has 166 valence electrons. The molecule has 0 atom stereocenters. The first-order chi connectivity index (χ1) is 14.8. The summed E-state index contributed by atoms with van der Waals surface area (Å²) in [6.07, 6.45) is -0.0515. The Morgan fingerprint density at radius 2 is 1.52 bits per heavy atom. The van der Waals surface area contributed by atoms with E-state index in [9.17, 15) is 14.4 Å². The molecule has 7 nitrogen and oxygen atoms in total. The zero-order valence-electron chi connectivity index (χ0n) is 18.6. The molecule has 0 aliphatic heterocycles. The van der Waals surface area contributed by atoms with E-state index < -0.39 is 5.97 Å². The zero-order chi connectivity index (χ0) is 22.8. The maximum absolute atomic E-state index is 12.2. The minimum atomic E-state index is -0.573. The fraction of sp³-hybridized carbons (Fsp3) is 0.375. The van der Waals surface area contributed by atoms with Crippen molar-refractivity contribution >= 4 is 23.3 Å². The van der Waals surface area contributed by atoms with E-state index in [1.807, 2.05) is 50.2 Å². The average Bonchev–Trinajstić information content (AvgIpc) is 2.76. The highest BCUT2D eigenvalue weighted by molar-refractivity contribution is 5.97. The van der Waals surface area contributed by atoms with Gasteiger partial charge in [0.1, 0.15) is 5.75 Å². The van der Waals surface area contributed by atoms with Crippen molar-refractivity contribution in [3.63, 3.8) is 0 Å². The maximum atomic E-state index is 12.2. The summed E-state index contributed by atoms with van der Waals surface area (Å²) in [7, 11) is 5.58. The summed E-state index contributed by atoms with van der Waals surface area (Å²) in [5, 5.41) is 0. The van der Waals surface area contributed by atoms with Gasteiger partial charge in [-0.05, 0) is 48.9 Å². The van der Waals surface area contributed by atoms with Crippen molar-refractivity contribution in [2.45, 2.75) is 26.3 Å². The lowest BCUT2D eigenvalue weighted by molar-refractivity contribution is -0.151. The van der Waals surface area contributed by atoms with Crippen LogP contribution in [0.3, 0.4) is 0 Å². The number of ether oxygens (including phenoxy) is 2. The minimum Gasteiger partial charge on any atom is -0.494 e. The Bertz CT molecular complexity index is 876. The maximum Gasteiger partial charge on any atom is 0.306 e. The lowest BCUT2D eigenvalue weighted by atomic mass is 10.1. The van der Waals surface area contributed by atoms with Gasteiger partial charge in [-0.1, -0.05) is 12.1 Å². The topological polar surface area (TPSA) is 76.2 Å². The third-order valence-electron chi connectivity index (χ3n) is 4.70. The highest BCUT2D eigenvalue weighted by Gasteiger charge is 2.15. The molecule has 0 aliphatic carbocycles. The lowest BCUT2D eigenvalue weighted by Crippen LogP contribution is -2.30. The standard InChI is InChI=1S/C24H30N2O5/c1-5-30-21-12-8-19(9-13-21)22(27)14-15-24(29)31-17-23(28)26(4)16-18-6-10-20(11-7-18)25(2)3/h6-13H,5,14-17H2,1-4H3. The van der Waals surface area contributed by atoms with Crippen LogP contribution in [0.5, 0.6) is 5.75 Å². The first-order valence-electron chi connectivity index (χ1n) is 10.2. The van der Waals surface area contributed by atoms with Crippen LogP contribution in [0.4, 0.5) is 5.69 Å². The van der Waals surface area contributed by atoms with Gasteiger partial charge in [-0.2, -0.15) is 0 Å². The van der Waals surface area contributed by atoms with Crippen molar-refractivity contribution in [3.8, 4) is 5.75 Å². The number of carbonyl (C=O) groups is 3. The van der Waals surface area contributed by atoms with Crippen LogP contribution in [0, 0.1) is 0 Å². The molecule has 2 rings (SSSR count). The van der Waals surface area contributed by atoms with Crippen LogP contribution < -0.4 is 9.64 Å². The number of carbonyl (C=O) groups excluding carboxylic acids is 3. The number of amides is 1. The van der Waals surface area contributed by atoms with Gasteiger partial charge in [0.15, 0.2) is 12.4 Å². The molecule has 0 N–H and O–H groups in total. The van der Waals surface area contributed by atoms with Gasteiger partial charge >= 0.3 is 5.97 Å². The van der Waals surface area contributed by atoms with Crippen LogP contribution in [0.1, 0.15) is 35.7 Å². The van der Waals surface area contributed by atoms with Crippen molar-refractivity contribution < 1.29 is 23.9 Å². The third kappa shape index (κ3) is 7.77. The molecule has 0 spiro atoms. The van der Waals surface area contributed by atoms with E-state index in [4.69, 9.17) is 9.47 Å². The number of esters is 1. The fourth-order valence-electron chi connectivity index (χ4n) is 2.85. The Morgan fingerprint density at radius 1 is 0.871 bits per heavy atom. The molecule has 0 heterocycles. The van der Waals surface area contributed by atoms with E-state index in [1.54, 1.807) is 31.3 Å². The van der Waals surface area contributed by atoms with Crippen molar-refractivity contribution in [1.29, 1.82) is 0 Å². The number of ketones is 1. The van der Waals surface area contributed by atoms with Gasteiger partial charge in [-0.25, -0.2) is 0 Å². The smallest absolute Gasteiger partial charge is 0.306 e. The predicted molar refractivity (Wildman–Crippen MR) is 119 cm³/mol. The quantitative estimate of drug-likeness (QED) is 0.405. The molecule has 0 aromatic heterocycles. The number of anilines is 1. The molecular formula is C24H30N2O5. The van der Waals surface area contributed by atoms with E-state index >= 15 is 0 Å². The average molecular weight is 427 g/mol. The summed E-state index contributed by atoms with van der Waals surface area (Å²) < 4.78 is 10.4. The molecule has 0 radical (unpaired) electrons. The predicted octanol–water partition coefficient (Wildman–Crippen LogP) is 3.32. The molecule has 2 aromatic carbocycles. The summed E-state index contributed by atoms with van der Waals surface area (Å²) in [6.45, 7) is 2.51. The highest BCUT2D eigenvalue weighted by Crippen LogP contribution is 2.15. The molecule has 0 unspecified atom stereocenters. The first-order valence-corrected chi connectivity index (χ1v) is 10.2. The van der Waals surface area contributed by atoms with Gasteiger partial charge in [-0.15, -0.1) is 0 Å². The largest absolute Gasteiger partial charge is 0.494 e.